The van der Waals surface area contributed by atoms with Crippen LogP contribution >= 0.6 is 0 Å². The first-order valence-electron chi connectivity index (χ1n) is 10.9. The molecule has 10 nitrogen and oxygen atoms in total. The molecule has 182 valence electrons. The fourth-order valence-corrected chi connectivity index (χ4v) is 4.39. The van der Waals surface area contributed by atoms with Crippen molar-refractivity contribution in [3.63, 3.8) is 0 Å². The molecule has 0 aromatic heterocycles. The number of ether oxygens (including phenoxy) is 1. The number of primary amides is 1. The normalized spacial score (nSPS) is 21.9. The number of carbonyl (C=O) groups is 3. The molecule has 0 unspecified atom stereocenters. The van der Waals surface area contributed by atoms with Gasteiger partial charge in [-0.3, -0.25) is 9.69 Å². The molecule has 4 rings (SSSR count). The van der Waals surface area contributed by atoms with Crippen molar-refractivity contribution < 1.29 is 43.9 Å². The molecule has 2 saturated carbocycles. The van der Waals surface area contributed by atoms with E-state index in [2.05, 4.69) is 4.90 Å². The summed E-state index contributed by atoms with van der Waals surface area (Å²) < 4.78 is 19.8. The molecule has 0 radical (unpaired) electrons. The van der Waals surface area contributed by atoms with E-state index >= 15 is 0 Å². The molecule has 0 spiro atoms. The molecule has 6 N–H and O–H groups in total. The van der Waals surface area contributed by atoms with Crippen molar-refractivity contribution in [2.45, 2.75) is 75.3 Å². The summed E-state index contributed by atoms with van der Waals surface area (Å²) in [6, 6.07) is 4.23. The van der Waals surface area contributed by atoms with Crippen molar-refractivity contribution in [2.75, 3.05) is 6.61 Å². The van der Waals surface area contributed by atoms with Gasteiger partial charge < -0.3 is 30.9 Å². The maximum absolute atomic E-state index is 14.0. The van der Waals surface area contributed by atoms with Crippen LogP contribution in [0, 0.1) is 5.82 Å². The predicted molar refractivity (Wildman–Crippen MR) is 112 cm³/mol. The minimum Gasteiger partial charge on any atom is -0.489 e. The quantitative estimate of drug-likeness (QED) is 0.382. The van der Waals surface area contributed by atoms with Crippen molar-refractivity contribution in [2.24, 2.45) is 5.73 Å². The van der Waals surface area contributed by atoms with Crippen molar-refractivity contribution in [3.8, 4) is 5.75 Å². The zero-order chi connectivity index (χ0) is 24.3. The molecule has 1 aromatic rings. The lowest BCUT2D eigenvalue weighted by molar-refractivity contribution is -0.165. The first-order valence-corrected chi connectivity index (χ1v) is 10.9. The SMILES string of the molecule is NC(=O)c1ccc(F)c2c1C[C@@H](N(C1CCC1)C1CCC1)CO2.O=C(O)[C@H](O)[C@@H](O)C(=O)O. The summed E-state index contributed by atoms with van der Waals surface area (Å²) in [7, 11) is 0. The van der Waals surface area contributed by atoms with Gasteiger partial charge in [0.1, 0.15) is 6.61 Å². The Bertz CT molecular complexity index is 871. The van der Waals surface area contributed by atoms with Crippen LogP contribution in [0.25, 0.3) is 0 Å². The Kier molecular flexibility index (Phi) is 7.88. The molecular formula is C22H29FN2O8. The Balaban J connectivity index is 0.000000262. The molecule has 11 heteroatoms. The number of aliphatic hydroxyl groups excluding tert-OH is 2. The van der Waals surface area contributed by atoms with Crippen LogP contribution in [-0.2, 0) is 16.0 Å². The lowest BCUT2D eigenvalue weighted by Gasteiger charge is -2.51. The number of aliphatic carboxylic acids is 2. The summed E-state index contributed by atoms with van der Waals surface area (Å²) >= 11 is 0. The summed E-state index contributed by atoms with van der Waals surface area (Å²) in [4.78, 5) is 33.8. The highest BCUT2D eigenvalue weighted by atomic mass is 19.1. The minimum absolute atomic E-state index is 0.220. The summed E-state index contributed by atoms with van der Waals surface area (Å²) in [5.74, 6) is -4.23. The number of halogens is 1. The van der Waals surface area contributed by atoms with E-state index in [0.717, 1.165) is 0 Å². The van der Waals surface area contributed by atoms with Crippen LogP contribution in [0.3, 0.4) is 0 Å². The van der Waals surface area contributed by atoms with E-state index in [1.807, 2.05) is 0 Å². The fourth-order valence-electron chi connectivity index (χ4n) is 4.39. The average Bonchev–Trinajstić information content (AvgIpc) is 2.69. The van der Waals surface area contributed by atoms with Gasteiger partial charge in [-0.05, 0) is 44.2 Å². The van der Waals surface area contributed by atoms with Crippen LogP contribution in [0.15, 0.2) is 12.1 Å². The molecular weight excluding hydrogens is 439 g/mol. The first-order chi connectivity index (χ1) is 15.6. The Morgan fingerprint density at radius 3 is 1.88 bits per heavy atom. The molecule has 0 bridgehead atoms. The molecule has 2 fully saturated rings. The third-order valence-corrected chi connectivity index (χ3v) is 6.56. The third kappa shape index (κ3) is 5.43. The largest absolute Gasteiger partial charge is 0.489 e. The predicted octanol–water partition coefficient (Wildman–Crippen LogP) is 0.513. The average molecular weight is 468 g/mol. The number of benzene rings is 1. The van der Waals surface area contributed by atoms with Crippen molar-refractivity contribution in [3.05, 3.63) is 29.1 Å². The summed E-state index contributed by atoms with van der Waals surface area (Å²) in [5, 5.41) is 32.5. The van der Waals surface area contributed by atoms with Crippen LogP contribution in [0.1, 0.15) is 54.4 Å². The second-order valence-corrected chi connectivity index (χ2v) is 8.62. The monoisotopic (exact) mass is 468 g/mol. The number of nitrogens with two attached hydrogens (primary N) is 1. The Labute approximate surface area is 189 Å². The summed E-state index contributed by atoms with van der Waals surface area (Å²) in [6.45, 7) is 0.499. The van der Waals surface area contributed by atoms with Crippen LogP contribution in [0.4, 0.5) is 4.39 Å². The second kappa shape index (κ2) is 10.4. The first kappa shape index (κ1) is 24.9. The van der Waals surface area contributed by atoms with Gasteiger partial charge in [-0.25, -0.2) is 14.0 Å². The highest BCUT2D eigenvalue weighted by molar-refractivity contribution is 5.95. The number of nitrogens with zero attached hydrogens (tertiary/aromatic N) is 1. The summed E-state index contributed by atoms with van der Waals surface area (Å²) in [5.41, 5.74) is 6.52. The molecule has 3 atom stereocenters. The van der Waals surface area contributed by atoms with Gasteiger partial charge >= 0.3 is 11.9 Å². The van der Waals surface area contributed by atoms with E-state index in [1.165, 1.54) is 50.7 Å². The van der Waals surface area contributed by atoms with E-state index in [0.29, 0.717) is 36.2 Å². The maximum atomic E-state index is 14.0. The Morgan fingerprint density at radius 2 is 1.48 bits per heavy atom. The zero-order valence-electron chi connectivity index (χ0n) is 18.0. The van der Waals surface area contributed by atoms with E-state index in [9.17, 15) is 18.8 Å². The summed E-state index contributed by atoms with van der Waals surface area (Å²) in [6.07, 6.45) is 3.67. The van der Waals surface area contributed by atoms with E-state index in [4.69, 9.17) is 30.9 Å². The molecule has 33 heavy (non-hydrogen) atoms. The van der Waals surface area contributed by atoms with Gasteiger partial charge in [0.25, 0.3) is 0 Å². The third-order valence-electron chi connectivity index (χ3n) is 6.56. The number of aliphatic hydroxyl groups is 2. The highest BCUT2D eigenvalue weighted by Gasteiger charge is 2.40. The van der Waals surface area contributed by atoms with Gasteiger partial charge in [0, 0.05) is 29.3 Å². The van der Waals surface area contributed by atoms with Crippen LogP contribution < -0.4 is 10.5 Å². The number of hydrogen-bond donors (Lipinski definition) is 5. The van der Waals surface area contributed by atoms with Crippen LogP contribution in [0.2, 0.25) is 0 Å². The number of carbonyl (C=O) groups excluding carboxylic acids is 1. The number of carboxylic acids is 2. The standard InChI is InChI=1S/C18H23FN2O2.C4H6O6/c19-16-8-7-14(18(20)22)15-9-13(10-23-17(15)16)21(11-3-1-4-11)12-5-2-6-12;5-1(3(7)8)2(6)4(9)10/h7-8,11-13H,1-6,9-10H2,(H2,20,22);1-2,5-6H,(H,7,8)(H,9,10)/t13-;1-,2-/m11/s1. The van der Waals surface area contributed by atoms with Gasteiger partial charge in [0.15, 0.2) is 23.8 Å². The van der Waals surface area contributed by atoms with Crippen molar-refractivity contribution in [1.29, 1.82) is 0 Å². The van der Waals surface area contributed by atoms with E-state index in [1.54, 1.807) is 0 Å². The number of rotatable bonds is 7. The number of carboxylic acid groups (broad SMARTS) is 2. The molecule has 1 aliphatic heterocycles. The van der Waals surface area contributed by atoms with Gasteiger partial charge in [0.05, 0.1) is 0 Å². The van der Waals surface area contributed by atoms with Crippen LogP contribution in [-0.4, -0.2) is 80.1 Å². The van der Waals surface area contributed by atoms with Crippen molar-refractivity contribution >= 4 is 17.8 Å². The molecule has 1 amide bonds. The number of hydrogen-bond acceptors (Lipinski definition) is 7. The van der Waals surface area contributed by atoms with Gasteiger partial charge in [-0.2, -0.15) is 0 Å². The number of amides is 1. The van der Waals surface area contributed by atoms with Crippen molar-refractivity contribution in [1.82, 2.24) is 4.90 Å². The Hall–Kier alpha value is -2.76. The van der Waals surface area contributed by atoms with E-state index < -0.39 is 35.9 Å². The molecule has 0 saturated heterocycles. The molecule has 1 aromatic carbocycles. The van der Waals surface area contributed by atoms with Gasteiger partial charge in [-0.1, -0.05) is 12.8 Å². The van der Waals surface area contributed by atoms with E-state index in [-0.39, 0.29) is 11.8 Å². The zero-order valence-corrected chi connectivity index (χ0v) is 18.0. The minimum atomic E-state index is -2.27. The second-order valence-electron chi connectivity index (χ2n) is 8.62. The Morgan fingerprint density at radius 1 is 0.970 bits per heavy atom. The van der Waals surface area contributed by atoms with Crippen LogP contribution in [0.5, 0.6) is 5.75 Å². The van der Waals surface area contributed by atoms with Gasteiger partial charge in [0.2, 0.25) is 5.91 Å². The van der Waals surface area contributed by atoms with Gasteiger partial charge in [-0.15, -0.1) is 0 Å². The number of fused-ring (bicyclic) bond motifs is 1. The highest BCUT2D eigenvalue weighted by Crippen LogP contribution is 2.39. The molecule has 2 aliphatic carbocycles. The lowest BCUT2D eigenvalue weighted by atomic mass is 9.82. The maximum Gasteiger partial charge on any atom is 0.335 e. The topological polar surface area (TPSA) is 171 Å². The molecule has 3 aliphatic rings. The smallest absolute Gasteiger partial charge is 0.335 e. The lowest BCUT2D eigenvalue weighted by Crippen LogP contribution is -2.57. The molecule has 1 heterocycles. The fraction of sp³-hybridized carbons (Fsp3) is 0.591.